The third-order valence-corrected chi connectivity index (χ3v) is 12.0. The van der Waals surface area contributed by atoms with Crippen molar-refractivity contribution in [3.63, 3.8) is 0 Å². The molecular formula is C40H42Cl2I3N5O10S2. The van der Waals surface area contributed by atoms with Gasteiger partial charge in [0.05, 0.1) is 44.7 Å². The Balaban J connectivity index is 0.000000223. The van der Waals surface area contributed by atoms with Gasteiger partial charge in [0.15, 0.2) is 11.6 Å². The van der Waals surface area contributed by atoms with Crippen molar-refractivity contribution in [3.05, 3.63) is 91.2 Å². The van der Waals surface area contributed by atoms with Crippen LogP contribution in [0.1, 0.15) is 39.1 Å². The Morgan fingerprint density at radius 1 is 0.661 bits per heavy atom. The number of anilines is 4. The van der Waals surface area contributed by atoms with Crippen LogP contribution < -0.4 is 25.3 Å². The van der Waals surface area contributed by atoms with Crippen molar-refractivity contribution in [2.24, 2.45) is 5.73 Å². The monoisotopic (exact) mass is 1270 g/mol. The van der Waals surface area contributed by atoms with Crippen molar-refractivity contribution >= 4 is 165 Å². The number of Topliss-reactive ketones (excluding diaryl/α,β-unsaturated/α-hetero) is 2. The average molecular weight is 1270 g/mol. The summed E-state index contributed by atoms with van der Waals surface area (Å²) in [5.74, 6) is -0.0676. The lowest BCUT2D eigenvalue weighted by atomic mass is 10.1. The van der Waals surface area contributed by atoms with E-state index in [4.69, 9.17) is 47.9 Å². The molecule has 0 bridgehead atoms. The van der Waals surface area contributed by atoms with Crippen LogP contribution in [0.3, 0.4) is 0 Å². The molecule has 2 aromatic carbocycles. The van der Waals surface area contributed by atoms with E-state index in [0.717, 1.165) is 21.9 Å². The zero-order valence-electron chi connectivity index (χ0n) is 33.0. The van der Waals surface area contributed by atoms with Crippen LogP contribution >= 0.6 is 107 Å². The van der Waals surface area contributed by atoms with Gasteiger partial charge in [0.2, 0.25) is 0 Å². The Hall–Kier alpha value is -2.69. The van der Waals surface area contributed by atoms with Gasteiger partial charge in [-0.25, -0.2) is 9.59 Å². The van der Waals surface area contributed by atoms with Gasteiger partial charge in [0, 0.05) is 86.0 Å². The second kappa shape index (κ2) is 25.7. The van der Waals surface area contributed by atoms with Crippen molar-refractivity contribution in [2.45, 2.75) is 32.0 Å². The van der Waals surface area contributed by atoms with Crippen molar-refractivity contribution in [2.75, 3.05) is 78.8 Å². The molecule has 4 fully saturated rings. The van der Waals surface area contributed by atoms with Crippen LogP contribution in [-0.2, 0) is 28.5 Å². The Kier molecular flexibility index (Phi) is 21.5. The Morgan fingerprint density at radius 2 is 1.06 bits per heavy atom. The SMILES string of the molecule is CC(=O)c1ccc(Cl)s1.I.II.NC[C@H]1CN(c2ccc(N3CCOCC3=O)cc2)C(=O)O1.O=C(CC[C@H]1CN(c2ccc(N3CCOCC3=O)cc2)C(=O)O1)c1ccc(Cl)s1. The summed E-state index contributed by atoms with van der Waals surface area (Å²) in [4.78, 5) is 78.3. The minimum atomic E-state index is -0.434. The van der Waals surface area contributed by atoms with Crippen LogP contribution in [0, 0.1) is 0 Å². The van der Waals surface area contributed by atoms with Gasteiger partial charge in [-0.3, -0.25) is 29.0 Å². The molecule has 0 saturated carbocycles. The predicted molar refractivity (Wildman–Crippen MR) is 269 cm³/mol. The molecule has 4 aliphatic heterocycles. The largest absolute Gasteiger partial charge is 0.444 e. The summed E-state index contributed by atoms with van der Waals surface area (Å²) in [6.45, 7) is 4.95. The molecule has 2 atom stereocenters. The van der Waals surface area contributed by atoms with E-state index >= 15 is 0 Å². The fraction of sp³-hybridized carbons (Fsp3) is 0.350. The van der Waals surface area contributed by atoms with E-state index in [2.05, 4.69) is 37.2 Å². The highest BCUT2D eigenvalue weighted by Crippen LogP contribution is 2.29. The molecule has 8 rings (SSSR count). The molecule has 4 aromatic rings. The Bertz CT molecular complexity index is 2170. The van der Waals surface area contributed by atoms with Crippen LogP contribution in [0.25, 0.3) is 0 Å². The maximum atomic E-state index is 12.3. The first-order valence-corrected chi connectivity index (χ1v) is 27.4. The van der Waals surface area contributed by atoms with Crippen LogP contribution in [-0.4, -0.2) is 107 Å². The molecule has 4 saturated heterocycles. The molecule has 15 nitrogen and oxygen atoms in total. The minimum absolute atomic E-state index is 0. The first kappa shape index (κ1) is 51.9. The molecule has 0 unspecified atom stereocenters. The number of amides is 4. The molecule has 0 aliphatic carbocycles. The quantitative estimate of drug-likeness (QED) is 0.118. The molecule has 4 aliphatic rings. The highest BCUT2D eigenvalue weighted by Gasteiger charge is 2.34. The standard InChI is InChI=1S/C20H19ClN2O5S.C14H17N3O4.C6H5ClOS.I2.HI/c21-18-8-7-17(29-18)16(24)6-5-15-11-23(20(26)28-15)14-3-1-13(2-4-14)22-9-10-27-12-19(22)25;15-7-12-8-17(14(19)21-12)11-3-1-10(2-4-11)16-5-6-20-9-13(16)18;1-4(8)5-2-3-6(7)9-5;1-2;/h1-4,7-8,15H,5-6,9-12H2;1-4,12H,5-9,15H2;2-3H,1H3;;1H/t15-;12-;;;/m00.../s1. The topological polar surface area (TPSA) is 178 Å². The van der Waals surface area contributed by atoms with E-state index in [0.29, 0.717) is 78.0 Å². The summed E-state index contributed by atoms with van der Waals surface area (Å²) in [6.07, 6.45) is -0.685. The molecule has 6 heterocycles. The van der Waals surface area contributed by atoms with Crippen LogP contribution in [0.5, 0.6) is 0 Å². The average Bonchev–Trinajstić information content (AvgIpc) is 4.09. The number of ketones is 2. The van der Waals surface area contributed by atoms with Crippen LogP contribution in [0.15, 0.2) is 72.8 Å². The van der Waals surface area contributed by atoms with Gasteiger partial charge < -0.3 is 34.5 Å². The fourth-order valence-electron chi connectivity index (χ4n) is 6.33. The zero-order chi connectivity index (χ0) is 44.1. The summed E-state index contributed by atoms with van der Waals surface area (Å²) in [5, 5.41) is 0. The van der Waals surface area contributed by atoms with Crippen molar-refractivity contribution in [1.82, 2.24) is 0 Å². The zero-order valence-corrected chi connectivity index (χ0v) is 42.8. The number of hydrogen-bond acceptors (Lipinski definition) is 13. The van der Waals surface area contributed by atoms with Gasteiger partial charge >= 0.3 is 12.2 Å². The maximum Gasteiger partial charge on any atom is 0.414 e. The lowest BCUT2D eigenvalue weighted by molar-refractivity contribution is -0.126. The summed E-state index contributed by atoms with van der Waals surface area (Å²) >= 11 is 18.2. The van der Waals surface area contributed by atoms with E-state index in [-0.39, 0.29) is 78.9 Å². The van der Waals surface area contributed by atoms with E-state index in [1.54, 1.807) is 68.1 Å². The van der Waals surface area contributed by atoms with Gasteiger partial charge in [-0.1, -0.05) is 23.2 Å². The third-order valence-electron chi connectivity index (χ3n) is 9.39. The first-order chi connectivity index (χ1) is 29.4. The minimum Gasteiger partial charge on any atom is -0.444 e. The van der Waals surface area contributed by atoms with Crippen LogP contribution in [0.2, 0.25) is 8.67 Å². The Morgan fingerprint density at radius 3 is 1.42 bits per heavy atom. The number of nitrogens with two attached hydrogens (primary N) is 1. The molecular weight excluding hydrogens is 1230 g/mol. The number of cyclic esters (lactones) is 2. The lowest BCUT2D eigenvalue weighted by Gasteiger charge is -2.27. The number of benzene rings is 2. The predicted octanol–water partition coefficient (Wildman–Crippen LogP) is 9.08. The summed E-state index contributed by atoms with van der Waals surface area (Å²) in [5.41, 5.74) is 8.51. The number of rotatable bonds is 10. The van der Waals surface area contributed by atoms with Crippen molar-refractivity contribution in [3.8, 4) is 0 Å². The number of carbonyl (C=O) groups excluding carboxylic acids is 6. The summed E-state index contributed by atoms with van der Waals surface area (Å²) in [6, 6.07) is 21.3. The molecule has 2 aromatic heterocycles. The normalized spacial score (nSPS) is 18.3. The van der Waals surface area contributed by atoms with Gasteiger partial charge in [-0.2, -0.15) is 0 Å². The van der Waals surface area contributed by atoms with Gasteiger partial charge in [0.1, 0.15) is 25.4 Å². The second-order valence-electron chi connectivity index (χ2n) is 13.4. The summed E-state index contributed by atoms with van der Waals surface area (Å²) < 4.78 is 22.0. The van der Waals surface area contributed by atoms with E-state index in [1.165, 1.54) is 29.6 Å². The molecule has 0 radical (unpaired) electrons. The number of morpholine rings is 2. The smallest absolute Gasteiger partial charge is 0.414 e. The third kappa shape index (κ3) is 14.4. The number of nitrogens with zero attached hydrogens (tertiary/aromatic N) is 4. The number of thiophene rings is 2. The number of halogens is 5. The van der Waals surface area contributed by atoms with Gasteiger partial charge in [-0.15, -0.1) is 46.7 Å². The first-order valence-electron chi connectivity index (χ1n) is 18.7. The number of hydrogen-bond donors (Lipinski definition) is 1. The molecule has 0 spiro atoms. The van der Waals surface area contributed by atoms with Crippen LogP contribution in [0.4, 0.5) is 32.3 Å². The highest BCUT2D eigenvalue weighted by molar-refractivity contribution is 15.0. The molecule has 2 N–H and O–H groups in total. The van der Waals surface area contributed by atoms with E-state index in [1.807, 2.05) is 24.3 Å². The van der Waals surface area contributed by atoms with Gasteiger partial charge in [-0.05, 0) is 86.1 Å². The second-order valence-corrected chi connectivity index (χ2v) is 16.9. The molecule has 22 heteroatoms. The summed E-state index contributed by atoms with van der Waals surface area (Å²) in [7, 11) is 0. The highest BCUT2D eigenvalue weighted by atomic mass is 128. The number of ether oxygens (including phenoxy) is 4. The fourth-order valence-corrected chi connectivity index (χ4v) is 8.28. The van der Waals surface area contributed by atoms with E-state index < -0.39 is 6.09 Å². The molecule has 62 heavy (non-hydrogen) atoms. The maximum absolute atomic E-state index is 12.3. The van der Waals surface area contributed by atoms with E-state index in [9.17, 15) is 28.8 Å². The lowest BCUT2D eigenvalue weighted by Crippen LogP contribution is -2.41. The molecule has 4 amide bonds. The van der Waals surface area contributed by atoms with Gasteiger partial charge in [0.25, 0.3) is 11.8 Å². The van der Waals surface area contributed by atoms with Crippen molar-refractivity contribution < 1.29 is 47.7 Å². The Labute approximate surface area is 416 Å². The number of carbonyl (C=O) groups is 6. The van der Waals surface area contributed by atoms with Crippen molar-refractivity contribution in [1.29, 1.82) is 0 Å². The molecule has 334 valence electrons.